The van der Waals surface area contributed by atoms with Gasteiger partial charge in [0, 0.05) is 37.0 Å². The van der Waals surface area contributed by atoms with Gasteiger partial charge in [-0.05, 0) is 31.4 Å². The molecule has 0 unspecified atom stereocenters. The topological polar surface area (TPSA) is 74.6 Å². The van der Waals surface area contributed by atoms with Crippen molar-refractivity contribution >= 4 is 28.9 Å². The second-order valence-electron chi connectivity index (χ2n) is 5.91. The van der Waals surface area contributed by atoms with Gasteiger partial charge in [-0.1, -0.05) is 6.07 Å². The van der Waals surface area contributed by atoms with E-state index in [1.54, 1.807) is 25.3 Å². The van der Waals surface area contributed by atoms with E-state index in [2.05, 4.69) is 0 Å². The van der Waals surface area contributed by atoms with Gasteiger partial charge in [-0.15, -0.1) is 11.3 Å². The normalized spacial score (nSPS) is 10.7. The van der Waals surface area contributed by atoms with Crippen LogP contribution in [-0.4, -0.2) is 42.4 Å². The Balaban J connectivity index is 1.84. The summed E-state index contributed by atoms with van der Waals surface area (Å²) in [6, 6.07) is 5.31. The van der Waals surface area contributed by atoms with E-state index in [-0.39, 0.29) is 31.0 Å². The first-order valence-corrected chi connectivity index (χ1v) is 9.23. The molecule has 0 bridgehead atoms. The lowest BCUT2D eigenvalue weighted by molar-refractivity contribution is -0.142. The van der Waals surface area contributed by atoms with Gasteiger partial charge in [0.25, 0.3) is 0 Å². The van der Waals surface area contributed by atoms with Crippen molar-refractivity contribution in [3.8, 4) is 0 Å². The maximum absolute atomic E-state index is 12.3. The van der Waals surface area contributed by atoms with Crippen molar-refractivity contribution in [1.29, 1.82) is 0 Å². The first kappa shape index (κ1) is 20.1. The predicted octanol–water partition coefficient (Wildman–Crippen LogP) is 3.20. The summed E-state index contributed by atoms with van der Waals surface area (Å²) in [4.78, 5) is 36.6. The highest BCUT2D eigenvalue weighted by Crippen LogP contribution is 2.16. The first-order valence-electron chi connectivity index (χ1n) is 8.35. The van der Waals surface area contributed by atoms with Crippen LogP contribution in [-0.2, 0) is 20.8 Å². The number of methoxy groups -OCH3 is 1. The fraction of sp³-hybridized carbons (Fsp3) is 0.421. The van der Waals surface area contributed by atoms with Crippen LogP contribution in [0.15, 0.2) is 23.6 Å². The Bertz CT molecular complexity index is 776. The third-order valence-electron chi connectivity index (χ3n) is 4.11. The molecule has 0 amide bonds. The molecule has 2 rings (SSSR count). The van der Waals surface area contributed by atoms with E-state index in [0.717, 1.165) is 11.4 Å². The lowest BCUT2D eigenvalue weighted by Gasteiger charge is -2.09. The number of esters is 1. The molecule has 0 fully saturated rings. The van der Waals surface area contributed by atoms with Crippen LogP contribution in [0, 0.1) is 13.8 Å². The van der Waals surface area contributed by atoms with Crippen molar-refractivity contribution in [3.05, 3.63) is 45.4 Å². The number of hydrogen-bond acceptors (Lipinski definition) is 6. The van der Waals surface area contributed by atoms with Crippen molar-refractivity contribution in [2.75, 3.05) is 20.3 Å². The maximum atomic E-state index is 12.3. The Hall–Kier alpha value is -2.25. The number of nitrogens with zero attached hydrogens (tertiary/aromatic N) is 1. The number of thiophene rings is 1. The molecule has 2 aromatic heterocycles. The van der Waals surface area contributed by atoms with E-state index in [4.69, 9.17) is 9.47 Å². The molecular formula is C19H23NO5S. The molecule has 7 heteroatoms. The van der Waals surface area contributed by atoms with Crippen molar-refractivity contribution in [1.82, 2.24) is 4.57 Å². The average Bonchev–Trinajstić information content (AvgIpc) is 3.25. The Labute approximate surface area is 156 Å². The quantitative estimate of drug-likeness (QED) is 0.469. The molecule has 0 aliphatic rings. The van der Waals surface area contributed by atoms with Crippen molar-refractivity contribution in [3.63, 3.8) is 0 Å². The molecule has 0 aliphatic heterocycles. The molecule has 0 saturated carbocycles. The van der Waals surface area contributed by atoms with E-state index in [1.165, 1.54) is 11.3 Å². The van der Waals surface area contributed by atoms with Crippen LogP contribution in [0.3, 0.4) is 0 Å². The molecule has 0 radical (unpaired) electrons. The zero-order chi connectivity index (χ0) is 19.1. The largest absolute Gasteiger partial charge is 0.457 e. The van der Waals surface area contributed by atoms with Gasteiger partial charge >= 0.3 is 5.97 Å². The molecule has 0 N–H and O–H groups in total. The van der Waals surface area contributed by atoms with E-state index in [0.29, 0.717) is 23.6 Å². The summed E-state index contributed by atoms with van der Waals surface area (Å²) in [5.41, 5.74) is 2.32. The summed E-state index contributed by atoms with van der Waals surface area (Å²) in [6.45, 7) is 4.67. The van der Waals surface area contributed by atoms with Crippen LogP contribution in [0.5, 0.6) is 0 Å². The van der Waals surface area contributed by atoms with Gasteiger partial charge in [0.1, 0.15) is 0 Å². The SMILES string of the molecule is COCCn1c(C)cc(C(=O)COC(=O)CCC(=O)c2cccs2)c1C. The molecule has 0 atom stereocenters. The van der Waals surface area contributed by atoms with Gasteiger partial charge in [-0.3, -0.25) is 14.4 Å². The molecule has 2 heterocycles. The lowest BCUT2D eigenvalue weighted by Crippen LogP contribution is -2.16. The molecule has 2 aromatic rings. The fourth-order valence-corrected chi connectivity index (χ4v) is 3.38. The van der Waals surface area contributed by atoms with E-state index < -0.39 is 5.97 Å². The minimum atomic E-state index is -0.545. The first-order chi connectivity index (χ1) is 12.4. The Morgan fingerprint density at radius 1 is 1.15 bits per heavy atom. The summed E-state index contributed by atoms with van der Waals surface area (Å²) in [6.07, 6.45) is 0.0515. The van der Waals surface area contributed by atoms with Crippen LogP contribution in [0.2, 0.25) is 0 Å². The summed E-state index contributed by atoms with van der Waals surface area (Å²) < 4.78 is 12.1. The Morgan fingerprint density at radius 2 is 1.92 bits per heavy atom. The number of rotatable bonds is 10. The Morgan fingerprint density at radius 3 is 2.58 bits per heavy atom. The highest BCUT2D eigenvalue weighted by Gasteiger charge is 2.18. The number of ketones is 2. The third-order valence-corrected chi connectivity index (χ3v) is 5.02. The highest BCUT2D eigenvalue weighted by molar-refractivity contribution is 7.12. The number of aryl methyl sites for hydroxylation is 1. The number of hydrogen-bond donors (Lipinski definition) is 0. The summed E-state index contributed by atoms with van der Waals surface area (Å²) in [5.74, 6) is -0.888. The summed E-state index contributed by atoms with van der Waals surface area (Å²) in [7, 11) is 1.63. The molecule has 0 spiro atoms. The van der Waals surface area contributed by atoms with Crippen LogP contribution in [0.1, 0.15) is 44.3 Å². The number of carbonyl (C=O) groups excluding carboxylic acids is 3. The average molecular weight is 377 g/mol. The second kappa shape index (κ2) is 9.45. The van der Waals surface area contributed by atoms with Crippen LogP contribution >= 0.6 is 11.3 Å². The number of Topliss-reactive ketones (excluding diaryl/α,β-unsaturated/α-hetero) is 2. The molecular weight excluding hydrogens is 354 g/mol. The summed E-state index contributed by atoms with van der Waals surface area (Å²) >= 11 is 1.34. The van der Waals surface area contributed by atoms with Crippen LogP contribution in [0.25, 0.3) is 0 Å². The van der Waals surface area contributed by atoms with E-state index in [1.807, 2.05) is 23.8 Å². The van der Waals surface area contributed by atoms with Gasteiger partial charge in [0.15, 0.2) is 12.4 Å². The molecule has 140 valence electrons. The summed E-state index contributed by atoms with van der Waals surface area (Å²) in [5, 5.41) is 1.81. The standard InChI is InChI=1S/C19H23NO5S/c1-13-11-15(14(2)20(13)8-9-24-3)17(22)12-25-19(23)7-6-16(21)18-5-4-10-26-18/h4-5,10-11H,6-9,12H2,1-3H3. The molecule has 0 aromatic carbocycles. The smallest absolute Gasteiger partial charge is 0.306 e. The zero-order valence-corrected chi connectivity index (χ0v) is 16.1. The highest BCUT2D eigenvalue weighted by atomic mass is 32.1. The van der Waals surface area contributed by atoms with Crippen LogP contribution in [0.4, 0.5) is 0 Å². The third kappa shape index (κ3) is 5.12. The second-order valence-corrected chi connectivity index (χ2v) is 6.86. The minimum Gasteiger partial charge on any atom is -0.457 e. The molecule has 26 heavy (non-hydrogen) atoms. The fourth-order valence-electron chi connectivity index (χ4n) is 2.68. The van der Waals surface area contributed by atoms with Gasteiger partial charge in [0.05, 0.1) is 17.9 Å². The lowest BCUT2D eigenvalue weighted by atomic mass is 10.1. The molecule has 0 saturated heterocycles. The van der Waals surface area contributed by atoms with E-state index >= 15 is 0 Å². The number of carbonyl (C=O) groups is 3. The number of aromatic nitrogens is 1. The minimum absolute atomic E-state index is 0.0309. The van der Waals surface area contributed by atoms with Crippen molar-refractivity contribution in [2.24, 2.45) is 0 Å². The Kier molecular flexibility index (Phi) is 7.29. The van der Waals surface area contributed by atoms with Gasteiger partial charge in [0.2, 0.25) is 5.78 Å². The van der Waals surface area contributed by atoms with Crippen molar-refractivity contribution in [2.45, 2.75) is 33.2 Å². The van der Waals surface area contributed by atoms with Crippen LogP contribution < -0.4 is 0 Å². The van der Waals surface area contributed by atoms with Gasteiger partial charge in [-0.2, -0.15) is 0 Å². The molecule has 0 aliphatic carbocycles. The van der Waals surface area contributed by atoms with Crippen molar-refractivity contribution < 1.29 is 23.9 Å². The maximum Gasteiger partial charge on any atom is 0.306 e. The monoisotopic (exact) mass is 377 g/mol. The molecule has 6 nitrogen and oxygen atoms in total. The van der Waals surface area contributed by atoms with E-state index in [9.17, 15) is 14.4 Å². The van der Waals surface area contributed by atoms with Gasteiger partial charge < -0.3 is 14.0 Å². The number of ether oxygens (including phenoxy) is 2. The predicted molar refractivity (Wildman–Crippen MR) is 99.0 cm³/mol. The zero-order valence-electron chi connectivity index (χ0n) is 15.2. The van der Waals surface area contributed by atoms with Gasteiger partial charge in [-0.25, -0.2) is 0 Å².